The van der Waals surface area contributed by atoms with Gasteiger partial charge in [0.2, 0.25) is 0 Å². The zero-order chi connectivity index (χ0) is 23.4. The van der Waals surface area contributed by atoms with E-state index < -0.39 is 17.7 Å². The first-order valence-electron chi connectivity index (χ1n) is 11.4. The van der Waals surface area contributed by atoms with Gasteiger partial charge in [-0.25, -0.2) is 0 Å². The van der Waals surface area contributed by atoms with E-state index in [4.69, 9.17) is 9.47 Å². The maximum Gasteiger partial charge on any atom is 0.295 e. The summed E-state index contributed by atoms with van der Waals surface area (Å²) in [5.74, 6) is -0.737. The summed E-state index contributed by atoms with van der Waals surface area (Å²) in [4.78, 5) is 27.7. The Kier molecular flexibility index (Phi) is 7.50. The lowest BCUT2D eigenvalue weighted by molar-refractivity contribution is -0.140. The van der Waals surface area contributed by atoms with Crippen molar-refractivity contribution in [2.45, 2.75) is 44.8 Å². The number of unbranched alkanes of at least 4 members (excludes halogenated alkanes) is 1. The van der Waals surface area contributed by atoms with Crippen molar-refractivity contribution in [3.63, 3.8) is 0 Å². The van der Waals surface area contributed by atoms with Crippen LogP contribution in [0.25, 0.3) is 5.76 Å². The quantitative estimate of drug-likeness (QED) is 0.226. The first-order valence-corrected chi connectivity index (χ1v) is 12.2. The number of carbonyl (C=O) groups is 2. The molecule has 2 aromatic rings. The molecule has 2 fully saturated rings. The molecule has 2 atom stereocenters. The molecule has 0 aromatic heterocycles. The van der Waals surface area contributed by atoms with Crippen molar-refractivity contribution >= 4 is 33.4 Å². The molecule has 7 heteroatoms. The summed E-state index contributed by atoms with van der Waals surface area (Å²) < 4.78 is 12.4. The summed E-state index contributed by atoms with van der Waals surface area (Å²) in [5, 5.41) is 11.1. The second kappa shape index (κ2) is 10.5. The van der Waals surface area contributed by atoms with Crippen molar-refractivity contribution in [2.75, 3.05) is 19.8 Å². The fourth-order valence-electron chi connectivity index (χ4n) is 4.27. The van der Waals surface area contributed by atoms with Crippen LogP contribution in [0.15, 0.2) is 58.6 Å². The van der Waals surface area contributed by atoms with E-state index in [0.29, 0.717) is 25.3 Å². The Hall–Kier alpha value is -2.64. The molecule has 2 saturated heterocycles. The Balaban J connectivity index is 1.72. The van der Waals surface area contributed by atoms with E-state index in [2.05, 4.69) is 22.9 Å². The number of aliphatic hydroxyl groups excluding tert-OH is 1. The molecule has 6 nitrogen and oxygen atoms in total. The molecule has 0 bridgehead atoms. The number of likely N-dealkylation sites (tertiary alicyclic amines) is 1. The van der Waals surface area contributed by atoms with E-state index in [9.17, 15) is 14.7 Å². The van der Waals surface area contributed by atoms with Crippen molar-refractivity contribution in [3.8, 4) is 5.75 Å². The predicted octanol–water partition coefficient (Wildman–Crippen LogP) is 5.23. The van der Waals surface area contributed by atoms with Crippen molar-refractivity contribution in [3.05, 3.63) is 69.7 Å². The molecule has 2 heterocycles. The van der Waals surface area contributed by atoms with Gasteiger partial charge >= 0.3 is 0 Å². The van der Waals surface area contributed by atoms with Crippen LogP contribution in [-0.4, -0.2) is 47.6 Å². The Bertz CT molecular complexity index is 1030. The van der Waals surface area contributed by atoms with E-state index in [1.165, 1.54) is 4.90 Å². The lowest BCUT2D eigenvalue weighted by Gasteiger charge is -2.27. The van der Waals surface area contributed by atoms with Crippen LogP contribution >= 0.6 is 15.9 Å². The van der Waals surface area contributed by atoms with Gasteiger partial charge in [0.25, 0.3) is 11.7 Å². The molecular formula is C26H28BrNO5. The maximum atomic E-state index is 13.1. The molecule has 0 aliphatic carbocycles. The van der Waals surface area contributed by atoms with E-state index in [1.54, 1.807) is 24.3 Å². The molecule has 2 aliphatic heterocycles. The second-order valence-electron chi connectivity index (χ2n) is 8.36. The van der Waals surface area contributed by atoms with E-state index in [0.717, 1.165) is 41.5 Å². The summed E-state index contributed by atoms with van der Waals surface area (Å²) in [6, 6.07) is 13.7. The molecule has 2 aromatic carbocycles. The summed E-state index contributed by atoms with van der Waals surface area (Å²) in [6.45, 7) is 3.70. The minimum Gasteiger partial charge on any atom is -0.507 e. The number of benzene rings is 2. The normalized spacial score (nSPS) is 22.2. The average molecular weight is 514 g/mol. The zero-order valence-electron chi connectivity index (χ0n) is 18.6. The van der Waals surface area contributed by atoms with Crippen molar-refractivity contribution in [1.29, 1.82) is 0 Å². The predicted molar refractivity (Wildman–Crippen MR) is 129 cm³/mol. The monoisotopic (exact) mass is 513 g/mol. The highest BCUT2D eigenvalue weighted by molar-refractivity contribution is 9.10. The number of hydrogen-bond donors (Lipinski definition) is 1. The number of carbonyl (C=O) groups excluding carboxylic acids is 2. The lowest BCUT2D eigenvalue weighted by Crippen LogP contribution is -2.36. The fraction of sp³-hybridized carbons (Fsp3) is 0.385. The number of amides is 1. The maximum absolute atomic E-state index is 13.1. The molecule has 0 unspecified atom stereocenters. The highest BCUT2D eigenvalue weighted by Crippen LogP contribution is 2.40. The van der Waals surface area contributed by atoms with Crippen LogP contribution in [0.1, 0.15) is 49.8 Å². The number of halogens is 1. The Morgan fingerprint density at radius 3 is 2.52 bits per heavy atom. The molecule has 1 N–H and O–H groups in total. The molecular weight excluding hydrogens is 486 g/mol. The molecule has 0 saturated carbocycles. The summed E-state index contributed by atoms with van der Waals surface area (Å²) in [6.07, 6.45) is 3.67. The first-order chi connectivity index (χ1) is 16.0. The van der Waals surface area contributed by atoms with Gasteiger partial charge in [0, 0.05) is 23.2 Å². The van der Waals surface area contributed by atoms with Crippen LogP contribution in [0.3, 0.4) is 0 Å². The smallest absolute Gasteiger partial charge is 0.295 e. The summed E-state index contributed by atoms with van der Waals surface area (Å²) in [7, 11) is 0. The topological polar surface area (TPSA) is 76.1 Å². The van der Waals surface area contributed by atoms with Gasteiger partial charge in [0.1, 0.15) is 11.5 Å². The van der Waals surface area contributed by atoms with Crippen molar-refractivity contribution in [2.24, 2.45) is 0 Å². The average Bonchev–Trinajstić information content (AvgIpc) is 3.42. The molecule has 1 amide bonds. The van der Waals surface area contributed by atoms with E-state index in [1.807, 2.05) is 24.3 Å². The first kappa shape index (κ1) is 23.5. The standard InChI is InChI=1S/C26H28BrNO5/c1-2-3-14-32-20-12-8-17(9-13-20)23-22(24(29)18-6-10-19(27)11-7-18)25(30)26(31)28(23)16-21-5-4-15-33-21/h6-13,21,23,29H,2-5,14-16H2,1H3/t21-,23+/m1/s1. The van der Waals surface area contributed by atoms with Crippen LogP contribution in [0.2, 0.25) is 0 Å². The van der Waals surface area contributed by atoms with E-state index in [-0.39, 0.29) is 17.4 Å². The van der Waals surface area contributed by atoms with Crippen molar-refractivity contribution in [1.82, 2.24) is 4.90 Å². The van der Waals surface area contributed by atoms with Crippen LogP contribution in [0, 0.1) is 0 Å². The Morgan fingerprint density at radius 2 is 1.88 bits per heavy atom. The molecule has 33 heavy (non-hydrogen) atoms. The zero-order valence-corrected chi connectivity index (χ0v) is 20.2. The van der Waals surface area contributed by atoms with Gasteiger partial charge in [0.15, 0.2) is 0 Å². The number of rotatable bonds is 8. The number of aliphatic hydroxyl groups is 1. The number of ketones is 1. The Labute approximate surface area is 202 Å². The van der Waals surface area contributed by atoms with Gasteiger partial charge in [-0.3, -0.25) is 9.59 Å². The van der Waals surface area contributed by atoms with Crippen LogP contribution in [0.4, 0.5) is 0 Å². The summed E-state index contributed by atoms with van der Waals surface area (Å²) in [5.41, 5.74) is 1.33. The van der Waals surface area contributed by atoms with Gasteiger partial charge in [-0.15, -0.1) is 0 Å². The van der Waals surface area contributed by atoms with Crippen LogP contribution < -0.4 is 4.74 Å². The fourth-order valence-corrected chi connectivity index (χ4v) is 4.53. The second-order valence-corrected chi connectivity index (χ2v) is 9.28. The van der Waals surface area contributed by atoms with Crippen molar-refractivity contribution < 1.29 is 24.2 Å². The third-order valence-electron chi connectivity index (χ3n) is 6.04. The number of Topliss-reactive ketones (excluding diaryl/α,β-unsaturated/α-hetero) is 1. The molecule has 0 spiro atoms. The lowest BCUT2D eigenvalue weighted by atomic mass is 9.95. The molecule has 2 aliphatic rings. The minimum atomic E-state index is -0.692. The third-order valence-corrected chi connectivity index (χ3v) is 6.57. The minimum absolute atomic E-state index is 0.0972. The van der Waals surface area contributed by atoms with Crippen LogP contribution in [0.5, 0.6) is 5.75 Å². The van der Waals surface area contributed by atoms with Gasteiger partial charge in [-0.2, -0.15) is 0 Å². The molecule has 4 rings (SSSR count). The van der Waals surface area contributed by atoms with Gasteiger partial charge < -0.3 is 19.5 Å². The van der Waals surface area contributed by atoms with E-state index >= 15 is 0 Å². The number of ether oxygens (including phenoxy) is 2. The largest absolute Gasteiger partial charge is 0.507 e. The van der Waals surface area contributed by atoms with Gasteiger partial charge in [-0.05, 0) is 49.1 Å². The summed E-state index contributed by atoms with van der Waals surface area (Å²) >= 11 is 3.38. The molecule has 174 valence electrons. The highest BCUT2D eigenvalue weighted by atomic mass is 79.9. The number of hydrogen-bond acceptors (Lipinski definition) is 5. The van der Waals surface area contributed by atoms with Gasteiger partial charge in [-0.1, -0.05) is 53.5 Å². The SMILES string of the molecule is CCCCOc1ccc([C@H]2C(=C(O)c3ccc(Br)cc3)C(=O)C(=O)N2C[C@H]2CCCO2)cc1. The molecule has 0 radical (unpaired) electrons. The van der Waals surface area contributed by atoms with Crippen LogP contribution in [-0.2, 0) is 14.3 Å². The highest BCUT2D eigenvalue weighted by Gasteiger charge is 2.47. The Morgan fingerprint density at radius 1 is 1.15 bits per heavy atom. The van der Waals surface area contributed by atoms with Gasteiger partial charge in [0.05, 0.1) is 24.3 Å². The number of nitrogens with zero attached hydrogens (tertiary/aromatic N) is 1. The third kappa shape index (κ3) is 5.14.